The van der Waals surface area contributed by atoms with Crippen molar-refractivity contribution in [2.45, 2.75) is 18.1 Å². The zero-order valence-corrected chi connectivity index (χ0v) is 15.4. The number of nitrogens with one attached hydrogen (secondary N) is 2. The van der Waals surface area contributed by atoms with Crippen LogP contribution in [0.3, 0.4) is 0 Å². The molecule has 0 fully saturated rings. The van der Waals surface area contributed by atoms with Crippen LogP contribution in [0.25, 0.3) is 0 Å². The molecular weight excluding hydrogens is 364 g/mol. The average molecular weight is 384 g/mol. The predicted octanol–water partition coefficient (Wildman–Crippen LogP) is 2.86. The van der Waals surface area contributed by atoms with E-state index in [0.29, 0.717) is 11.3 Å². The largest absolute Gasteiger partial charge is 0.481 e. The van der Waals surface area contributed by atoms with Gasteiger partial charge in [-0.25, -0.2) is 0 Å². The van der Waals surface area contributed by atoms with Gasteiger partial charge < -0.3 is 15.7 Å². The minimum Gasteiger partial charge on any atom is -0.481 e. The van der Waals surface area contributed by atoms with Gasteiger partial charge in [0.15, 0.2) is 0 Å². The molecule has 140 valence electrons. The predicted molar refractivity (Wildman–Crippen MR) is 105 cm³/mol. The van der Waals surface area contributed by atoms with E-state index in [0.717, 1.165) is 17.7 Å². The molecule has 2 amide bonds. The van der Waals surface area contributed by atoms with Crippen LogP contribution >= 0.6 is 11.8 Å². The van der Waals surface area contributed by atoms with Crippen LogP contribution in [0.15, 0.2) is 48.5 Å². The topological polar surface area (TPSA) is 95.5 Å². The Morgan fingerprint density at radius 1 is 1.07 bits per heavy atom. The average Bonchev–Trinajstić information content (AvgIpc) is 2.67. The fraction of sp³-hybridized carbons (Fsp3) is 0.250. The van der Waals surface area contributed by atoms with Gasteiger partial charge in [0, 0.05) is 17.8 Å². The molecule has 0 saturated heterocycles. The van der Waals surface area contributed by atoms with Crippen LogP contribution in [-0.2, 0) is 16.0 Å². The van der Waals surface area contributed by atoms with E-state index < -0.39 is 5.97 Å². The number of aliphatic carboxylic acids is 1. The number of anilines is 1. The molecule has 0 radical (unpaired) electrons. The van der Waals surface area contributed by atoms with Gasteiger partial charge in [-0.3, -0.25) is 14.4 Å². The molecule has 1 unspecified atom stereocenters. The standard InChI is InChI=1S/C20H20N2O4S/c23-17(24)9-11-21-19(25)14-5-7-15(8-6-14)22-20(26)18-16-4-2-1-3-13(16)10-12-27-18/h1-8,18H,9-12H2,(H,21,25)(H,22,26)(H,23,24). The SMILES string of the molecule is O=C(O)CCNC(=O)c1ccc(NC(=O)C2SCCc3ccccc32)cc1. The quantitative estimate of drug-likeness (QED) is 0.712. The van der Waals surface area contributed by atoms with Crippen molar-refractivity contribution in [1.29, 1.82) is 0 Å². The van der Waals surface area contributed by atoms with E-state index in [4.69, 9.17) is 5.11 Å². The lowest BCUT2D eigenvalue weighted by molar-refractivity contribution is -0.136. The summed E-state index contributed by atoms with van der Waals surface area (Å²) in [6, 6.07) is 14.5. The van der Waals surface area contributed by atoms with Crippen molar-refractivity contribution in [3.8, 4) is 0 Å². The lowest BCUT2D eigenvalue weighted by Crippen LogP contribution is -2.26. The first-order valence-electron chi connectivity index (χ1n) is 8.65. The molecule has 3 rings (SSSR count). The molecule has 0 bridgehead atoms. The van der Waals surface area contributed by atoms with Crippen molar-refractivity contribution in [1.82, 2.24) is 5.32 Å². The van der Waals surface area contributed by atoms with Crippen molar-refractivity contribution >= 4 is 35.2 Å². The molecule has 0 spiro atoms. The van der Waals surface area contributed by atoms with Gasteiger partial charge >= 0.3 is 5.97 Å². The number of aryl methyl sites for hydroxylation is 1. The molecule has 0 saturated carbocycles. The number of carboxylic acid groups (broad SMARTS) is 1. The van der Waals surface area contributed by atoms with E-state index >= 15 is 0 Å². The summed E-state index contributed by atoms with van der Waals surface area (Å²) in [6.45, 7) is 0.0744. The second-order valence-corrected chi connectivity index (χ2v) is 7.38. The van der Waals surface area contributed by atoms with Crippen LogP contribution in [0, 0.1) is 0 Å². The van der Waals surface area contributed by atoms with Gasteiger partial charge in [0.2, 0.25) is 5.91 Å². The minimum absolute atomic E-state index is 0.0744. The molecule has 0 aromatic heterocycles. The van der Waals surface area contributed by atoms with Crippen LogP contribution in [-0.4, -0.2) is 35.2 Å². The van der Waals surface area contributed by atoms with Crippen molar-refractivity contribution in [2.24, 2.45) is 0 Å². The van der Waals surface area contributed by atoms with Crippen molar-refractivity contribution < 1.29 is 19.5 Å². The van der Waals surface area contributed by atoms with Crippen LogP contribution in [0.4, 0.5) is 5.69 Å². The van der Waals surface area contributed by atoms with E-state index in [-0.39, 0.29) is 30.0 Å². The molecule has 1 aliphatic rings. The van der Waals surface area contributed by atoms with Gasteiger partial charge in [0.25, 0.3) is 5.91 Å². The van der Waals surface area contributed by atoms with Crippen molar-refractivity contribution in [3.05, 3.63) is 65.2 Å². The number of hydrogen-bond acceptors (Lipinski definition) is 4. The molecule has 2 aromatic carbocycles. The summed E-state index contributed by atoms with van der Waals surface area (Å²) < 4.78 is 0. The number of carbonyl (C=O) groups excluding carboxylic acids is 2. The van der Waals surface area contributed by atoms with Crippen molar-refractivity contribution in [2.75, 3.05) is 17.6 Å². The normalized spacial score (nSPS) is 15.5. The molecule has 27 heavy (non-hydrogen) atoms. The second-order valence-electron chi connectivity index (χ2n) is 6.17. The zero-order chi connectivity index (χ0) is 19.2. The van der Waals surface area contributed by atoms with Crippen LogP contribution in [0.2, 0.25) is 0 Å². The summed E-state index contributed by atoms with van der Waals surface area (Å²) in [5.74, 6) is -0.475. The first-order valence-corrected chi connectivity index (χ1v) is 9.70. The first-order chi connectivity index (χ1) is 13.0. The first kappa shape index (κ1) is 19.0. The van der Waals surface area contributed by atoms with Gasteiger partial charge in [0.05, 0.1) is 6.42 Å². The number of carbonyl (C=O) groups is 3. The molecule has 1 atom stereocenters. The molecule has 1 heterocycles. The van der Waals surface area contributed by atoms with Gasteiger partial charge in [-0.2, -0.15) is 0 Å². The Morgan fingerprint density at radius 2 is 1.81 bits per heavy atom. The lowest BCUT2D eigenvalue weighted by atomic mass is 10.0. The Kier molecular flexibility index (Phi) is 6.13. The van der Waals surface area contributed by atoms with E-state index in [9.17, 15) is 14.4 Å². The summed E-state index contributed by atoms with van der Waals surface area (Å²) in [6.07, 6.45) is 0.844. The summed E-state index contributed by atoms with van der Waals surface area (Å²) in [7, 11) is 0. The Balaban J connectivity index is 1.61. The van der Waals surface area contributed by atoms with Gasteiger partial charge in [-0.15, -0.1) is 11.8 Å². The smallest absolute Gasteiger partial charge is 0.305 e. The fourth-order valence-corrected chi connectivity index (χ4v) is 4.10. The molecule has 3 N–H and O–H groups in total. The number of hydrogen-bond donors (Lipinski definition) is 3. The maximum absolute atomic E-state index is 12.7. The van der Waals surface area contributed by atoms with E-state index in [1.807, 2.05) is 18.2 Å². The molecular formula is C20H20N2O4S. The highest BCUT2D eigenvalue weighted by Crippen LogP contribution is 2.37. The number of thioether (sulfide) groups is 1. The summed E-state index contributed by atoms with van der Waals surface area (Å²) in [5.41, 5.74) is 3.30. The van der Waals surface area contributed by atoms with Crippen LogP contribution < -0.4 is 10.6 Å². The van der Waals surface area contributed by atoms with Gasteiger partial charge in [-0.1, -0.05) is 24.3 Å². The number of rotatable bonds is 6. The molecule has 2 aromatic rings. The zero-order valence-electron chi connectivity index (χ0n) is 14.6. The molecule has 1 aliphatic heterocycles. The van der Waals surface area contributed by atoms with Gasteiger partial charge in [-0.05, 0) is 47.6 Å². The third-order valence-corrected chi connectivity index (χ3v) is 5.51. The Hall–Kier alpha value is -2.80. The van der Waals surface area contributed by atoms with E-state index in [2.05, 4.69) is 16.7 Å². The monoisotopic (exact) mass is 384 g/mol. The highest BCUT2D eigenvalue weighted by molar-refractivity contribution is 8.00. The third kappa shape index (κ3) is 4.89. The molecule has 0 aliphatic carbocycles. The number of benzene rings is 2. The Bertz CT molecular complexity index is 851. The number of fused-ring (bicyclic) bond motifs is 1. The molecule has 6 nitrogen and oxygen atoms in total. The van der Waals surface area contributed by atoms with Crippen LogP contribution in [0.1, 0.15) is 33.2 Å². The minimum atomic E-state index is -0.962. The third-order valence-electron chi connectivity index (χ3n) is 4.27. The Labute approximate surface area is 161 Å². The molecule has 7 heteroatoms. The van der Waals surface area contributed by atoms with Crippen LogP contribution in [0.5, 0.6) is 0 Å². The highest BCUT2D eigenvalue weighted by Gasteiger charge is 2.26. The number of carboxylic acids is 1. The lowest BCUT2D eigenvalue weighted by Gasteiger charge is -2.24. The number of amides is 2. The van der Waals surface area contributed by atoms with Gasteiger partial charge in [0.1, 0.15) is 5.25 Å². The van der Waals surface area contributed by atoms with E-state index in [1.54, 1.807) is 36.0 Å². The summed E-state index contributed by atoms with van der Waals surface area (Å²) in [5, 5.41) is 13.8. The second kappa shape index (κ2) is 8.73. The highest BCUT2D eigenvalue weighted by atomic mass is 32.2. The van der Waals surface area contributed by atoms with Crippen molar-refractivity contribution in [3.63, 3.8) is 0 Å². The Morgan fingerprint density at radius 3 is 2.56 bits per heavy atom. The summed E-state index contributed by atoms with van der Waals surface area (Å²) >= 11 is 1.63. The van der Waals surface area contributed by atoms with E-state index in [1.165, 1.54) is 5.56 Å². The summed E-state index contributed by atoms with van der Waals surface area (Å²) in [4.78, 5) is 35.1. The maximum atomic E-state index is 12.7. The fourth-order valence-electron chi connectivity index (χ4n) is 2.91. The maximum Gasteiger partial charge on any atom is 0.305 e.